The molecule has 24 rings (SSSR count). The number of ether oxygens (including phenoxy) is 6. The van der Waals surface area contributed by atoms with Crippen LogP contribution in [0.15, 0.2) is 99.7 Å². The number of hydrogen-bond acceptors (Lipinski definition) is 42. The van der Waals surface area contributed by atoms with Crippen molar-refractivity contribution in [3.05, 3.63) is 99.7 Å². The van der Waals surface area contributed by atoms with Gasteiger partial charge in [-0.15, -0.1) is 0 Å². The molecule has 6 aliphatic carbocycles. The number of hydrogen-bond donors (Lipinski definition) is 22. The largest absolute Gasteiger partial charge is 0.397 e. The second-order valence-corrected chi connectivity index (χ2v) is 34.7. The van der Waals surface area contributed by atoms with E-state index in [1.807, 2.05) is 0 Å². The Balaban J connectivity index is 0.0000000976. The number of fused-ring (bicyclic) bond motifs is 6. The maximum Gasteiger partial charge on any atom is 0.167 e. The number of aromatic nitrogens is 20. The molecule has 0 bridgehead atoms. The molecule has 124 heavy (non-hydrogen) atoms. The molecule has 30 N–H and O–H groups in total. The van der Waals surface area contributed by atoms with Crippen LogP contribution >= 0.6 is 0 Å². The molecule has 48 nitrogen and oxygen atoms in total. The predicted molar refractivity (Wildman–Crippen MR) is 429 cm³/mol. The minimum absolute atomic E-state index is 0.00102. The number of pyridine rings is 4. The van der Waals surface area contributed by atoms with Crippen LogP contribution in [-0.4, -0.2) is 300 Å². The Morgan fingerprint density at radius 2 is 0.500 bits per heavy atom. The van der Waals surface area contributed by atoms with Crippen LogP contribution in [0.25, 0.3) is 67.0 Å². The average Bonchev–Trinajstić information content (AvgIpc) is 1.54. The maximum atomic E-state index is 10.4. The minimum Gasteiger partial charge on any atom is -0.397 e. The monoisotopic (exact) mass is 1720 g/mol. The quantitative estimate of drug-likeness (QED) is 0.0745. The number of imidazole rings is 6. The first-order valence-corrected chi connectivity index (χ1v) is 40.4. The van der Waals surface area contributed by atoms with Crippen molar-refractivity contribution in [3.63, 3.8) is 0 Å². The van der Waals surface area contributed by atoms with Gasteiger partial charge in [-0.25, -0.2) is 69.8 Å². The standard InChI is InChI=1S/2C14H18N4O3.2C13H17N5O3.2C11H13N5O4/c2*1-7-4-14(5-7)11(20)10(19)13(21-14)18-6-17-9-8(15)2-3-16-12(9)18;2*14-6-3-13(4-6)10(20)9(19)12(21-13)18-5-17-8-7(15)1-2-16-11(8)18;2*12-8-5-9(14-2-13-8)16(3-15-5)10-6(18)7(19)11(20-10)1-4(11)17/h2*2-3,6-7,10-11,13,19-20H,4-5H2,1H3,(H2,15,16);2*1-2,5-6,9-10,12,19-20H,3-4,14H2,(H2,15,16);2*2-4,6-7,10,17-19H,1H2,(H2,12,13,14)/t2*7?,10-,11?,13+,14?;2*6?,9-,10?,12+,13?;4-,6+,7?,10-,11-;4-,6-,7?,10+,11+/m000010/s1. The van der Waals surface area contributed by atoms with Gasteiger partial charge in [0.1, 0.15) is 141 Å². The molecular weight excluding hydrogens is 1630 g/mol. The Kier molecular flexibility index (Phi) is 20.2. The maximum absolute atomic E-state index is 10.4. The topological polar surface area (TPSA) is 757 Å². The molecule has 6 saturated heterocycles. The van der Waals surface area contributed by atoms with E-state index in [2.05, 4.69) is 83.6 Å². The summed E-state index contributed by atoms with van der Waals surface area (Å²) < 4.78 is 44.7. The number of aliphatic hydroxyl groups excluding tert-OH is 14. The van der Waals surface area contributed by atoms with Crippen molar-refractivity contribution in [2.24, 2.45) is 23.3 Å². The molecule has 12 aromatic heterocycles. The SMILES string of the molecule is CC1CC2(C1)O[C@@H](n1cnc3c(N)ccnc31)[C@@H](O)C2O.CC1CC2(C1)O[C@@H](n1cnc3c(N)ccnc31)[C@@H](O)C2O.Nc1ccnc2c1ncn2[C@@H]1OC2(CC(N)C2)C(O)[C@@H]1O.Nc1ccnc2c1ncn2[C@@H]1OC2(CC(N)C2)C(O)[C@@H]1O.Nc1ncnc2c1ncn2[C@@H]1O[C@@]2(C[C@@H]2O)C(O)[C@@H]1O.Nc1ncnc2c1ncn2[C@@H]1O[C@@]2(C[C@H]2O)C(O)[C@@H]1O. The van der Waals surface area contributed by atoms with Crippen LogP contribution in [0.5, 0.6) is 0 Å². The van der Waals surface area contributed by atoms with E-state index < -0.39 is 156 Å². The number of nitrogens with two attached hydrogens (primary N) is 8. The summed E-state index contributed by atoms with van der Waals surface area (Å²) in [5.41, 5.74) is 49.5. The molecule has 12 fully saturated rings. The number of nitrogens with zero attached hydrogens (tertiary/aromatic N) is 20. The number of aliphatic hydroxyl groups is 14. The first-order valence-electron chi connectivity index (χ1n) is 40.4. The molecule has 48 heteroatoms. The van der Waals surface area contributed by atoms with E-state index in [0.717, 1.165) is 25.7 Å². The highest BCUT2D eigenvalue weighted by molar-refractivity contribution is 5.87. The lowest BCUT2D eigenvalue weighted by Crippen LogP contribution is -2.58. The zero-order chi connectivity index (χ0) is 87.2. The number of anilines is 6. The van der Waals surface area contributed by atoms with Crippen LogP contribution in [0.3, 0.4) is 0 Å². The summed E-state index contributed by atoms with van der Waals surface area (Å²) >= 11 is 0. The first kappa shape index (κ1) is 83.1. The highest BCUT2D eigenvalue weighted by Crippen LogP contribution is 2.58. The fraction of sp³-hybridized carbons (Fsp3) is 0.553. The summed E-state index contributed by atoms with van der Waals surface area (Å²) in [5.74, 6) is 1.45. The van der Waals surface area contributed by atoms with Crippen molar-refractivity contribution >= 4 is 101 Å². The van der Waals surface area contributed by atoms with E-state index in [1.165, 1.54) is 47.1 Å². The van der Waals surface area contributed by atoms with E-state index in [-0.39, 0.29) is 23.7 Å². The molecule has 6 spiro atoms. The normalized spacial score (nSPS) is 39.2. The van der Waals surface area contributed by atoms with Crippen molar-refractivity contribution in [1.29, 1.82) is 0 Å². The Morgan fingerprint density at radius 3 is 0.726 bits per heavy atom. The molecule has 18 heterocycles. The van der Waals surface area contributed by atoms with Crippen molar-refractivity contribution in [2.75, 3.05) is 34.4 Å². The summed E-state index contributed by atoms with van der Waals surface area (Å²) in [5, 5.41) is 142. The fourth-order valence-electron chi connectivity index (χ4n) is 19.6. The van der Waals surface area contributed by atoms with Gasteiger partial charge in [-0.2, -0.15) is 0 Å². The highest BCUT2D eigenvalue weighted by atomic mass is 16.6. The third kappa shape index (κ3) is 13.0. The minimum atomic E-state index is -1.18. The second-order valence-electron chi connectivity index (χ2n) is 34.7. The molecule has 0 amide bonds. The molecule has 0 radical (unpaired) electrons. The van der Waals surface area contributed by atoms with Crippen molar-refractivity contribution in [3.8, 4) is 0 Å². The van der Waals surface area contributed by atoms with Crippen molar-refractivity contribution in [2.45, 2.75) is 247 Å². The zero-order valence-electron chi connectivity index (χ0n) is 66.4. The predicted octanol–water partition coefficient (Wildman–Crippen LogP) is -4.56. The van der Waals surface area contributed by atoms with Gasteiger partial charge in [0, 0.05) is 49.7 Å². The van der Waals surface area contributed by atoms with Crippen LogP contribution in [-0.2, 0) is 28.4 Å². The molecule has 6 unspecified atom stereocenters. The van der Waals surface area contributed by atoms with Gasteiger partial charge in [0.05, 0.1) is 84.1 Å². The van der Waals surface area contributed by atoms with Gasteiger partial charge in [0.25, 0.3) is 0 Å². The Morgan fingerprint density at radius 1 is 0.282 bits per heavy atom. The zero-order valence-corrected chi connectivity index (χ0v) is 66.4. The molecule has 12 aliphatic rings. The smallest absolute Gasteiger partial charge is 0.167 e. The van der Waals surface area contributed by atoms with Gasteiger partial charge in [0.15, 0.2) is 82.9 Å². The molecule has 12 aromatic rings. The molecular formula is C76H96N28O20. The fourth-order valence-corrected chi connectivity index (χ4v) is 19.6. The van der Waals surface area contributed by atoms with Gasteiger partial charge in [-0.3, -0.25) is 27.4 Å². The van der Waals surface area contributed by atoms with Crippen LogP contribution in [0.2, 0.25) is 0 Å². The van der Waals surface area contributed by atoms with E-state index in [4.69, 9.17) is 74.3 Å². The lowest BCUT2D eigenvalue weighted by molar-refractivity contribution is -0.166. The molecule has 6 saturated carbocycles. The number of nitrogen functional groups attached to an aromatic ring is 6. The van der Waals surface area contributed by atoms with Crippen LogP contribution in [0.4, 0.5) is 34.4 Å². The highest BCUT2D eigenvalue weighted by Gasteiger charge is 2.71. The van der Waals surface area contributed by atoms with Gasteiger partial charge in [-0.1, -0.05) is 13.8 Å². The molecule has 6 aliphatic heterocycles. The van der Waals surface area contributed by atoms with E-state index >= 15 is 0 Å². The Bertz CT molecular complexity index is 5420. The average molecular weight is 1720 g/mol. The number of rotatable bonds is 6. The molecule has 660 valence electrons. The van der Waals surface area contributed by atoms with E-state index in [0.29, 0.717) is 140 Å². The summed E-state index contributed by atoms with van der Waals surface area (Å²) in [6, 6.07) is 6.67. The lowest BCUT2D eigenvalue weighted by atomic mass is 9.69. The van der Waals surface area contributed by atoms with Gasteiger partial charge >= 0.3 is 0 Å². The Hall–Kier alpha value is -10.5. The van der Waals surface area contributed by atoms with Crippen LogP contribution in [0.1, 0.15) is 115 Å². The summed E-state index contributed by atoms with van der Waals surface area (Å²) in [7, 11) is 0. The van der Waals surface area contributed by atoms with Crippen LogP contribution < -0.4 is 45.9 Å². The van der Waals surface area contributed by atoms with E-state index in [1.54, 1.807) is 80.0 Å². The summed E-state index contributed by atoms with van der Waals surface area (Å²) in [6.45, 7) is 4.21. The van der Waals surface area contributed by atoms with E-state index in [9.17, 15) is 71.5 Å². The second kappa shape index (κ2) is 30.1. The Labute approximate surface area is 699 Å². The summed E-state index contributed by atoms with van der Waals surface area (Å²) in [6.07, 6.45) is 4.96. The first-order chi connectivity index (χ1) is 59.2. The summed E-state index contributed by atoms with van der Waals surface area (Å²) in [4.78, 5) is 57.8. The lowest BCUT2D eigenvalue weighted by Gasteiger charge is -2.44. The van der Waals surface area contributed by atoms with Crippen molar-refractivity contribution in [1.82, 2.24) is 97.2 Å². The van der Waals surface area contributed by atoms with Gasteiger partial charge < -0.3 is 146 Å². The van der Waals surface area contributed by atoms with Gasteiger partial charge in [-0.05, 0) is 87.5 Å². The van der Waals surface area contributed by atoms with Gasteiger partial charge in [0.2, 0.25) is 0 Å². The third-order valence-electron chi connectivity index (χ3n) is 26.4. The molecule has 22 atom stereocenters. The molecule has 0 aromatic carbocycles. The van der Waals surface area contributed by atoms with Crippen LogP contribution in [0, 0.1) is 11.8 Å². The van der Waals surface area contributed by atoms with Crippen molar-refractivity contribution < 1.29 is 99.9 Å². The third-order valence-corrected chi connectivity index (χ3v) is 26.4.